The summed E-state index contributed by atoms with van der Waals surface area (Å²) in [5.74, 6) is 0.246. The molecule has 24 heavy (non-hydrogen) atoms. The van der Waals surface area contributed by atoms with Gasteiger partial charge < -0.3 is 10.1 Å². The van der Waals surface area contributed by atoms with Crippen molar-refractivity contribution in [3.05, 3.63) is 29.3 Å². The maximum atomic E-state index is 13.5. The van der Waals surface area contributed by atoms with E-state index in [1.54, 1.807) is 12.1 Å². The molecule has 0 bridgehead atoms. The van der Waals surface area contributed by atoms with Gasteiger partial charge in [0.25, 0.3) is 0 Å². The predicted molar refractivity (Wildman–Crippen MR) is 92.0 cm³/mol. The molecule has 0 aliphatic carbocycles. The lowest BCUT2D eigenvalue weighted by Crippen LogP contribution is -2.45. The summed E-state index contributed by atoms with van der Waals surface area (Å²) in [6.07, 6.45) is -1.74. The average molecular weight is 367 g/mol. The third-order valence-corrected chi connectivity index (χ3v) is 4.35. The third-order valence-electron chi connectivity index (χ3n) is 4.35. The molecule has 1 aliphatic heterocycles. The van der Waals surface area contributed by atoms with Crippen LogP contribution < -0.4 is 10.1 Å². The molecule has 1 atom stereocenters. The Bertz CT molecular complexity index is 505. The first kappa shape index (κ1) is 21.1. The van der Waals surface area contributed by atoms with Crippen molar-refractivity contribution in [2.45, 2.75) is 38.4 Å². The summed E-state index contributed by atoms with van der Waals surface area (Å²) >= 11 is 0. The normalized spacial score (nSPS) is 17.2. The summed E-state index contributed by atoms with van der Waals surface area (Å²) < 4.78 is 45.6. The number of methoxy groups -OCH3 is 1. The number of alkyl halides is 3. The fraction of sp³-hybridized carbons (Fsp3) is 0.647. The third kappa shape index (κ3) is 5.26. The number of halogens is 4. The molecule has 1 heterocycles. The van der Waals surface area contributed by atoms with Crippen molar-refractivity contribution in [2.24, 2.45) is 0 Å². The molecule has 0 saturated carbocycles. The minimum absolute atomic E-state index is 0. The first-order valence-corrected chi connectivity index (χ1v) is 8.17. The number of nitrogens with one attached hydrogen (secondary N) is 1. The van der Waals surface area contributed by atoms with E-state index in [2.05, 4.69) is 17.1 Å². The van der Waals surface area contributed by atoms with E-state index in [1.165, 1.54) is 7.11 Å². The average Bonchev–Trinajstić information content (AvgIpc) is 2.55. The highest BCUT2D eigenvalue weighted by molar-refractivity contribution is 5.85. The van der Waals surface area contributed by atoms with E-state index in [4.69, 9.17) is 4.74 Å². The summed E-state index contributed by atoms with van der Waals surface area (Å²) in [6.45, 7) is 5.25. The number of unbranched alkanes of at least 4 members (excludes halogenated alkanes) is 1. The second-order valence-corrected chi connectivity index (χ2v) is 5.89. The molecule has 1 N–H and O–H groups in total. The molecule has 0 spiro atoms. The van der Waals surface area contributed by atoms with Crippen molar-refractivity contribution < 1.29 is 17.9 Å². The molecule has 138 valence electrons. The van der Waals surface area contributed by atoms with Crippen molar-refractivity contribution in [1.29, 1.82) is 0 Å². The van der Waals surface area contributed by atoms with Gasteiger partial charge in [0.15, 0.2) is 0 Å². The summed E-state index contributed by atoms with van der Waals surface area (Å²) in [5.41, 5.74) is -0.204. The van der Waals surface area contributed by atoms with Crippen LogP contribution in [0.25, 0.3) is 0 Å². The molecule has 7 heteroatoms. The topological polar surface area (TPSA) is 24.5 Å². The number of piperazine rings is 1. The summed E-state index contributed by atoms with van der Waals surface area (Å²) in [6, 6.07) is 4.14. The quantitative estimate of drug-likeness (QED) is 0.813. The van der Waals surface area contributed by atoms with Crippen LogP contribution in [0.15, 0.2) is 18.2 Å². The lowest BCUT2D eigenvalue weighted by atomic mass is 9.93. The zero-order valence-corrected chi connectivity index (χ0v) is 15.0. The van der Waals surface area contributed by atoms with Crippen LogP contribution in [0, 0.1) is 0 Å². The van der Waals surface area contributed by atoms with Crippen LogP contribution in [0.3, 0.4) is 0 Å². The van der Waals surface area contributed by atoms with E-state index in [9.17, 15) is 13.2 Å². The van der Waals surface area contributed by atoms with Gasteiger partial charge in [0.1, 0.15) is 5.75 Å². The molecule has 2 rings (SSSR count). The van der Waals surface area contributed by atoms with Crippen LogP contribution in [0.4, 0.5) is 13.2 Å². The zero-order valence-electron chi connectivity index (χ0n) is 14.2. The molecule has 0 radical (unpaired) electrons. The van der Waals surface area contributed by atoms with Crippen LogP contribution in [0.2, 0.25) is 0 Å². The maximum Gasteiger partial charge on any atom is 0.416 e. The van der Waals surface area contributed by atoms with Crippen molar-refractivity contribution >= 4 is 12.4 Å². The smallest absolute Gasteiger partial charge is 0.416 e. The molecule has 3 nitrogen and oxygen atoms in total. The number of hydrogen-bond donors (Lipinski definition) is 1. The summed E-state index contributed by atoms with van der Waals surface area (Å²) in [7, 11) is 1.39. The largest absolute Gasteiger partial charge is 0.497 e. The van der Waals surface area contributed by atoms with Crippen LogP contribution in [-0.2, 0) is 6.18 Å². The number of benzene rings is 1. The predicted octanol–water partition coefficient (Wildman–Crippen LogP) is 4.27. The Morgan fingerprint density at radius 3 is 2.46 bits per heavy atom. The maximum absolute atomic E-state index is 13.5. The second kappa shape index (κ2) is 9.49. The van der Waals surface area contributed by atoms with Gasteiger partial charge >= 0.3 is 6.18 Å². The van der Waals surface area contributed by atoms with Crippen molar-refractivity contribution in [3.63, 3.8) is 0 Å². The van der Waals surface area contributed by atoms with Crippen LogP contribution >= 0.6 is 12.4 Å². The highest BCUT2D eigenvalue weighted by Crippen LogP contribution is 2.40. The number of ether oxygens (including phenoxy) is 1. The van der Waals surface area contributed by atoms with Crippen molar-refractivity contribution in [1.82, 2.24) is 10.2 Å². The Labute approximate surface area is 148 Å². The Kier molecular flexibility index (Phi) is 8.33. The fourth-order valence-corrected chi connectivity index (χ4v) is 3.12. The number of rotatable bonds is 6. The molecule has 1 aromatic rings. The van der Waals surface area contributed by atoms with Gasteiger partial charge in [0.05, 0.1) is 12.7 Å². The molecule has 1 saturated heterocycles. The fourth-order valence-electron chi connectivity index (χ4n) is 3.12. The van der Waals surface area contributed by atoms with E-state index in [0.29, 0.717) is 5.56 Å². The van der Waals surface area contributed by atoms with E-state index in [0.717, 1.165) is 51.5 Å². The van der Waals surface area contributed by atoms with Gasteiger partial charge in [-0.15, -0.1) is 12.4 Å². The molecular formula is C17H26ClF3N2O. The summed E-state index contributed by atoms with van der Waals surface area (Å²) in [4.78, 5) is 2.17. The first-order valence-electron chi connectivity index (χ1n) is 8.17. The molecule has 0 unspecified atom stereocenters. The van der Waals surface area contributed by atoms with Crippen LogP contribution in [0.1, 0.15) is 43.4 Å². The van der Waals surface area contributed by atoms with Gasteiger partial charge in [-0.2, -0.15) is 13.2 Å². The number of nitrogens with zero attached hydrogens (tertiary/aromatic N) is 1. The van der Waals surface area contributed by atoms with Gasteiger partial charge in [-0.05, 0) is 24.1 Å². The Balaban J connectivity index is 0.00000288. The molecule has 1 fully saturated rings. The minimum atomic E-state index is -4.37. The minimum Gasteiger partial charge on any atom is -0.497 e. The Morgan fingerprint density at radius 1 is 1.25 bits per heavy atom. The van der Waals surface area contributed by atoms with Gasteiger partial charge in [-0.25, -0.2) is 0 Å². The first-order chi connectivity index (χ1) is 11.0. The van der Waals surface area contributed by atoms with E-state index >= 15 is 0 Å². The van der Waals surface area contributed by atoms with Gasteiger partial charge in [-0.1, -0.05) is 25.8 Å². The lowest BCUT2D eigenvalue weighted by molar-refractivity contribution is -0.139. The molecular weight excluding hydrogens is 341 g/mol. The lowest BCUT2D eigenvalue weighted by Gasteiger charge is -2.36. The summed E-state index contributed by atoms with van der Waals surface area (Å²) in [5, 5.41) is 3.26. The van der Waals surface area contributed by atoms with Crippen LogP contribution in [0.5, 0.6) is 5.75 Å². The van der Waals surface area contributed by atoms with Crippen molar-refractivity contribution in [2.75, 3.05) is 33.3 Å². The SMILES string of the molecule is CCCC[C@H](c1ccc(OC)cc1C(F)(F)F)N1CCNCC1.Cl. The van der Waals surface area contributed by atoms with Gasteiger partial charge in [0, 0.05) is 32.2 Å². The molecule has 0 aromatic heterocycles. The van der Waals surface area contributed by atoms with E-state index in [-0.39, 0.29) is 24.2 Å². The zero-order chi connectivity index (χ0) is 16.9. The standard InChI is InChI=1S/C17H25F3N2O.ClH/c1-3-4-5-16(22-10-8-21-9-11-22)14-7-6-13(23-2)12-15(14)17(18,19)20;/h6-7,12,16,21H,3-5,8-11H2,1-2H3;1H/t16-;/m1./s1. The molecule has 1 aliphatic rings. The Morgan fingerprint density at radius 2 is 1.92 bits per heavy atom. The van der Waals surface area contributed by atoms with Crippen LogP contribution in [-0.4, -0.2) is 38.2 Å². The van der Waals surface area contributed by atoms with Crippen molar-refractivity contribution in [3.8, 4) is 5.75 Å². The second-order valence-electron chi connectivity index (χ2n) is 5.89. The number of hydrogen-bond acceptors (Lipinski definition) is 3. The Hall–Kier alpha value is -0.980. The van der Waals surface area contributed by atoms with Gasteiger partial charge in [-0.3, -0.25) is 4.90 Å². The monoisotopic (exact) mass is 366 g/mol. The molecule has 0 amide bonds. The van der Waals surface area contributed by atoms with E-state index in [1.807, 2.05) is 0 Å². The highest BCUT2D eigenvalue weighted by atomic mass is 35.5. The van der Waals surface area contributed by atoms with E-state index < -0.39 is 11.7 Å². The van der Waals surface area contributed by atoms with Gasteiger partial charge in [0.2, 0.25) is 0 Å². The highest BCUT2D eigenvalue weighted by Gasteiger charge is 2.37. The molecule has 1 aromatic carbocycles.